The molecule has 0 aliphatic rings. The molecule has 108 valence electrons. The third kappa shape index (κ3) is 4.38. The van der Waals surface area contributed by atoms with Gasteiger partial charge in [0.15, 0.2) is 0 Å². The highest BCUT2D eigenvalue weighted by Gasteiger charge is 2.07. The molecule has 2 aromatic rings. The highest BCUT2D eigenvalue weighted by atomic mass is 16.6. The fourth-order valence-electron chi connectivity index (χ4n) is 2.00. The van der Waals surface area contributed by atoms with Crippen LogP contribution in [0.4, 0.5) is 0 Å². The molecule has 4 nitrogen and oxygen atoms in total. The minimum atomic E-state index is 0.288. The third-order valence-corrected chi connectivity index (χ3v) is 2.79. The molecular formula is C16H22N2O2. The van der Waals surface area contributed by atoms with E-state index in [1.165, 1.54) is 0 Å². The van der Waals surface area contributed by atoms with Crippen LogP contribution in [0.25, 0.3) is 0 Å². The number of nitrogens with one attached hydrogen (secondary N) is 1. The van der Waals surface area contributed by atoms with Crippen molar-refractivity contribution in [1.82, 2.24) is 10.3 Å². The van der Waals surface area contributed by atoms with Gasteiger partial charge in [0.05, 0.1) is 5.69 Å². The smallest absolute Gasteiger partial charge is 0.399 e. The van der Waals surface area contributed by atoms with Gasteiger partial charge in [-0.3, -0.25) is 0 Å². The zero-order valence-corrected chi connectivity index (χ0v) is 12.6. The Morgan fingerprint density at radius 3 is 2.55 bits per heavy atom. The van der Waals surface area contributed by atoms with E-state index in [9.17, 15) is 0 Å². The van der Waals surface area contributed by atoms with E-state index in [0.717, 1.165) is 29.1 Å². The molecule has 0 atom stereocenters. The molecular weight excluding hydrogens is 252 g/mol. The summed E-state index contributed by atoms with van der Waals surface area (Å²) in [6, 6.07) is 6.03. The molecule has 2 rings (SSSR count). The Labute approximate surface area is 120 Å². The maximum absolute atomic E-state index is 5.64. The van der Waals surface area contributed by atoms with E-state index in [4.69, 9.17) is 9.15 Å². The molecule has 0 amide bonds. The summed E-state index contributed by atoms with van der Waals surface area (Å²) in [7, 11) is 0. The van der Waals surface area contributed by atoms with E-state index in [2.05, 4.69) is 30.2 Å². The average molecular weight is 274 g/mol. The molecule has 20 heavy (non-hydrogen) atoms. The van der Waals surface area contributed by atoms with Gasteiger partial charge in [-0.05, 0) is 49.6 Å². The summed E-state index contributed by atoms with van der Waals surface area (Å²) in [5.74, 6) is 1.37. The minimum absolute atomic E-state index is 0.288. The lowest BCUT2D eigenvalue weighted by Gasteiger charge is -2.04. The summed E-state index contributed by atoms with van der Waals surface area (Å²) in [5.41, 5.74) is 3.17. The Morgan fingerprint density at radius 1 is 1.20 bits per heavy atom. The number of hydrogen-bond donors (Lipinski definition) is 1. The van der Waals surface area contributed by atoms with Crippen LogP contribution in [0.5, 0.6) is 11.8 Å². The number of aryl methyl sites for hydroxylation is 2. The van der Waals surface area contributed by atoms with Crippen molar-refractivity contribution in [3.8, 4) is 11.8 Å². The molecule has 0 radical (unpaired) electrons. The summed E-state index contributed by atoms with van der Waals surface area (Å²) in [4.78, 5) is 4.31. The van der Waals surface area contributed by atoms with Crippen molar-refractivity contribution in [2.45, 2.75) is 34.2 Å². The van der Waals surface area contributed by atoms with Crippen molar-refractivity contribution in [1.29, 1.82) is 0 Å². The number of rotatable bonds is 6. The van der Waals surface area contributed by atoms with Crippen LogP contribution in [-0.4, -0.2) is 11.5 Å². The Hall–Kier alpha value is -1.81. The van der Waals surface area contributed by atoms with Crippen molar-refractivity contribution in [3.63, 3.8) is 0 Å². The van der Waals surface area contributed by atoms with E-state index in [1.807, 2.05) is 26.0 Å². The summed E-state index contributed by atoms with van der Waals surface area (Å²) in [6.45, 7) is 10.1. The van der Waals surface area contributed by atoms with Crippen LogP contribution in [0.2, 0.25) is 0 Å². The number of nitrogens with zero attached hydrogens (tertiary/aromatic N) is 1. The van der Waals surface area contributed by atoms with E-state index in [-0.39, 0.29) is 6.08 Å². The molecule has 1 aromatic heterocycles. The van der Waals surface area contributed by atoms with E-state index >= 15 is 0 Å². The van der Waals surface area contributed by atoms with Gasteiger partial charge >= 0.3 is 6.08 Å². The van der Waals surface area contributed by atoms with E-state index in [0.29, 0.717) is 12.5 Å². The van der Waals surface area contributed by atoms with Gasteiger partial charge in [-0.1, -0.05) is 19.9 Å². The summed E-state index contributed by atoms with van der Waals surface area (Å²) in [5, 5.41) is 3.32. The molecule has 4 heteroatoms. The molecule has 0 spiro atoms. The van der Waals surface area contributed by atoms with Crippen LogP contribution in [0.15, 0.2) is 28.9 Å². The Kier molecular flexibility index (Phi) is 4.79. The number of ether oxygens (including phenoxy) is 1. The number of hydrogen-bond acceptors (Lipinski definition) is 4. The second kappa shape index (κ2) is 6.57. The van der Waals surface area contributed by atoms with Crippen LogP contribution < -0.4 is 10.1 Å². The molecule has 1 heterocycles. The number of benzene rings is 1. The van der Waals surface area contributed by atoms with Gasteiger partial charge in [0.2, 0.25) is 0 Å². The first-order valence-electron chi connectivity index (χ1n) is 6.94. The largest absolute Gasteiger partial charge is 0.417 e. The van der Waals surface area contributed by atoms with Gasteiger partial charge in [-0.15, -0.1) is 0 Å². The Bertz CT molecular complexity index is 541. The van der Waals surface area contributed by atoms with Crippen LogP contribution in [0, 0.1) is 19.8 Å². The van der Waals surface area contributed by atoms with Crippen LogP contribution in [-0.2, 0) is 6.54 Å². The van der Waals surface area contributed by atoms with Gasteiger partial charge in [-0.2, -0.15) is 4.98 Å². The van der Waals surface area contributed by atoms with Gasteiger partial charge < -0.3 is 14.5 Å². The van der Waals surface area contributed by atoms with Crippen LogP contribution >= 0.6 is 0 Å². The summed E-state index contributed by atoms with van der Waals surface area (Å²) >= 11 is 0. The molecule has 0 aliphatic carbocycles. The topological polar surface area (TPSA) is 47.3 Å². The van der Waals surface area contributed by atoms with Crippen molar-refractivity contribution in [2.24, 2.45) is 5.92 Å². The van der Waals surface area contributed by atoms with Crippen LogP contribution in [0.3, 0.4) is 0 Å². The SMILES string of the molecule is Cc1cc(C)cc(Oc2nc(CNCC(C)C)co2)c1. The normalized spacial score (nSPS) is 11.1. The number of aromatic nitrogens is 1. The molecule has 0 fully saturated rings. The average Bonchev–Trinajstić information content (AvgIpc) is 2.74. The standard InChI is InChI=1S/C16H22N2O2/c1-11(2)8-17-9-14-10-19-16(18-14)20-15-6-12(3)5-13(4)7-15/h5-7,10-11,17H,8-9H2,1-4H3. The van der Waals surface area contributed by atoms with Gasteiger partial charge in [0, 0.05) is 6.54 Å². The maximum Gasteiger partial charge on any atom is 0.399 e. The van der Waals surface area contributed by atoms with Gasteiger partial charge in [0.1, 0.15) is 12.0 Å². The van der Waals surface area contributed by atoms with Crippen molar-refractivity contribution < 1.29 is 9.15 Å². The lowest BCUT2D eigenvalue weighted by atomic mass is 10.1. The first kappa shape index (κ1) is 14.6. The Balaban J connectivity index is 1.95. The zero-order valence-electron chi connectivity index (χ0n) is 12.6. The van der Waals surface area contributed by atoms with Gasteiger partial charge in [-0.25, -0.2) is 0 Å². The molecule has 0 saturated carbocycles. The molecule has 1 N–H and O–H groups in total. The molecule has 0 aliphatic heterocycles. The van der Waals surface area contributed by atoms with Crippen LogP contribution in [0.1, 0.15) is 30.7 Å². The third-order valence-electron chi connectivity index (χ3n) is 2.79. The first-order valence-corrected chi connectivity index (χ1v) is 6.94. The van der Waals surface area contributed by atoms with E-state index in [1.54, 1.807) is 6.26 Å². The predicted molar refractivity (Wildman–Crippen MR) is 79.0 cm³/mol. The predicted octanol–water partition coefficient (Wildman–Crippen LogP) is 3.83. The summed E-state index contributed by atoms with van der Waals surface area (Å²) in [6.07, 6.45) is 1.92. The zero-order chi connectivity index (χ0) is 14.5. The first-order chi connectivity index (χ1) is 9.52. The van der Waals surface area contributed by atoms with Crippen molar-refractivity contribution in [2.75, 3.05) is 6.54 Å². The quantitative estimate of drug-likeness (QED) is 0.869. The lowest BCUT2D eigenvalue weighted by molar-refractivity contribution is 0.330. The second-order valence-corrected chi connectivity index (χ2v) is 5.55. The van der Waals surface area contributed by atoms with Crippen molar-refractivity contribution >= 4 is 0 Å². The maximum atomic E-state index is 5.64. The second-order valence-electron chi connectivity index (χ2n) is 5.55. The lowest BCUT2D eigenvalue weighted by Crippen LogP contribution is -2.19. The fraction of sp³-hybridized carbons (Fsp3) is 0.438. The molecule has 0 saturated heterocycles. The monoisotopic (exact) mass is 274 g/mol. The Morgan fingerprint density at radius 2 is 1.90 bits per heavy atom. The number of oxazole rings is 1. The molecule has 0 unspecified atom stereocenters. The van der Waals surface area contributed by atoms with Crippen molar-refractivity contribution in [3.05, 3.63) is 41.3 Å². The highest BCUT2D eigenvalue weighted by molar-refractivity contribution is 5.34. The summed E-state index contributed by atoms with van der Waals surface area (Å²) < 4.78 is 11.0. The van der Waals surface area contributed by atoms with E-state index < -0.39 is 0 Å². The molecule has 0 bridgehead atoms. The van der Waals surface area contributed by atoms with Gasteiger partial charge in [0.25, 0.3) is 0 Å². The molecule has 1 aromatic carbocycles. The fourth-order valence-corrected chi connectivity index (χ4v) is 2.00. The minimum Gasteiger partial charge on any atom is -0.417 e. The highest BCUT2D eigenvalue weighted by Crippen LogP contribution is 2.23.